The molecule has 3 aromatic carbocycles. The molecule has 0 aliphatic carbocycles. The Morgan fingerprint density at radius 2 is 1.55 bits per heavy atom. The smallest absolute Gasteiger partial charge is 0.355 e. The molecule has 0 aliphatic rings. The van der Waals surface area contributed by atoms with Crippen molar-refractivity contribution in [3.8, 4) is 0 Å². The number of alkyl halides is 3. The Balaban J connectivity index is 2.14. The molecule has 0 radical (unpaired) electrons. The van der Waals surface area contributed by atoms with Gasteiger partial charge in [-0.1, -0.05) is 71.2 Å². The number of benzene rings is 3. The highest BCUT2D eigenvalue weighted by molar-refractivity contribution is 7.92. The summed E-state index contributed by atoms with van der Waals surface area (Å²) in [7, 11) is -4.35. The molecule has 0 bridgehead atoms. The monoisotopic (exact) mass is 663 g/mol. The summed E-state index contributed by atoms with van der Waals surface area (Å²) >= 11 is 18.9. The Kier molecular flexibility index (Phi) is 11.2. The van der Waals surface area contributed by atoms with Crippen molar-refractivity contribution >= 4 is 62.3 Å². The zero-order chi connectivity index (χ0) is 31.2. The Labute approximate surface area is 257 Å². The van der Waals surface area contributed by atoms with Gasteiger partial charge >= 0.3 is 6.18 Å². The molecule has 0 aromatic heterocycles. The number of nitrogens with one attached hydrogen (secondary N) is 1. The summed E-state index contributed by atoms with van der Waals surface area (Å²) in [4.78, 5) is 28.5. The van der Waals surface area contributed by atoms with E-state index in [-0.39, 0.29) is 34.6 Å². The largest absolute Gasteiger partial charge is 0.416 e. The summed E-state index contributed by atoms with van der Waals surface area (Å²) in [6, 6.07) is 14.4. The van der Waals surface area contributed by atoms with Crippen LogP contribution in [-0.2, 0) is 38.8 Å². The molecule has 226 valence electrons. The molecule has 0 unspecified atom stereocenters. The van der Waals surface area contributed by atoms with Crippen LogP contribution in [0.3, 0.4) is 0 Å². The van der Waals surface area contributed by atoms with E-state index in [1.54, 1.807) is 43.3 Å². The minimum absolute atomic E-state index is 0.0314. The van der Waals surface area contributed by atoms with Gasteiger partial charge in [0.05, 0.1) is 22.5 Å². The van der Waals surface area contributed by atoms with Gasteiger partial charge in [-0.2, -0.15) is 13.2 Å². The zero-order valence-electron chi connectivity index (χ0n) is 22.5. The summed E-state index contributed by atoms with van der Waals surface area (Å²) in [5.41, 5.74) is -0.722. The van der Waals surface area contributed by atoms with Crippen molar-refractivity contribution in [2.24, 2.45) is 0 Å². The molecule has 3 aromatic rings. The van der Waals surface area contributed by atoms with Crippen LogP contribution in [-0.4, -0.2) is 50.5 Å². The van der Waals surface area contributed by atoms with Gasteiger partial charge in [-0.25, -0.2) is 8.42 Å². The second-order valence-electron chi connectivity index (χ2n) is 9.26. The topological polar surface area (TPSA) is 86.8 Å². The quantitative estimate of drug-likeness (QED) is 0.264. The highest BCUT2D eigenvalue weighted by Gasteiger charge is 2.36. The molecule has 0 heterocycles. The number of carbonyl (C=O) groups is 2. The van der Waals surface area contributed by atoms with Crippen LogP contribution in [0.2, 0.25) is 15.1 Å². The third-order valence-corrected chi connectivity index (χ3v) is 8.39. The van der Waals surface area contributed by atoms with Gasteiger partial charge < -0.3 is 10.2 Å². The lowest BCUT2D eigenvalue weighted by Crippen LogP contribution is -2.53. The maximum absolute atomic E-state index is 14.0. The second-order valence-corrected chi connectivity index (χ2v) is 12.4. The molecule has 0 saturated carbocycles. The van der Waals surface area contributed by atoms with Crippen molar-refractivity contribution in [2.75, 3.05) is 23.7 Å². The number of sulfonamides is 1. The lowest BCUT2D eigenvalue weighted by atomic mass is 10.0. The number of likely N-dealkylation sites (N-methyl/N-ethyl adjacent to an activating group) is 1. The van der Waals surface area contributed by atoms with E-state index in [9.17, 15) is 31.2 Å². The Morgan fingerprint density at radius 1 is 0.929 bits per heavy atom. The molecule has 14 heteroatoms. The lowest BCUT2D eigenvalue weighted by molar-refractivity contribution is -0.140. The van der Waals surface area contributed by atoms with Crippen LogP contribution in [0.5, 0.6) is 0 Å². The number of carbonyl (C=O) groups excluding carboxylic acids is 2. The van der Waals surface area contributed by atoms with Crippen LogP contribution < -0.4 is 9.62 Å². The normalized spacial score (nSPS) is 12.5. The predicted octanol–water partition coefficient (Wildman–Crippen LogP) is 6.21. The average Bonchev–Trinajstić information content (AvgIpc) is 2.90. The molecular weight excluding hydrogens is 638 g/mol. The number of rotatable bonds is 11. The molecule has 3 rings (SSSR count). The van der Waals surface area contributed by atoms with Crippen LogP contribution in [0.15, 0.2) is 66.7 Å². The fraction of sp³-hybridized carbons (Fsp3) is 0.286. The van der Waals surface area contributed by atoms with Gasteiger partial charge in [-0.3, -0.25) is 13.9 Å². The third kappa shape index (κ3) is 8.53. The summed E-state index contributed by atoms with van der Waals surface area (Å²) in [6.45, 7) is 0.649. The van der Waals surface area contributed by atoms with E-state index in [4.69, 9.17) is 34.8 Å². The van der Waals surface area contributed by atoms with E-state index in [0.29, 0.717) is 27.6 Å². The van der Waals surface area contributed by atoms with Crippen molar-refractivity contribution in [3.63, 3.8) is 0 Å². The van der Waals surface area contributed by atoms with Gasteiger partial charge in [0.2, 0.25) is 21.8 Å². The maximum atomic E-state index is 14.0. The van der Waals surface area contributed by atoms with E-state index in [1.165, 1.54) is 12.1 Å². The Hall–Kier alpha value is -2.99. The first-order valence-corrected chi connectivity index (χ1v) is 15.5. The van der Waals surface area contributed by atoms with E-state index in [1.807, 2.05) is 0 Å². The van der Waals surface area contributed by atoms with Crippen LogP contribution in [0.4, 0.5) is 18.9 Å². The van der Waals surface area contributed by atoms with Crippen LogP contribution in [0.25, 0.3) is 0 Å². The van der Waals surface area contributed by atoms with Crippen molar-refractivity contribution in [3.05, 3.63) is 98.5 Å². The average molecular weight is 665 g/mol. The molecule has 0 spiro atoms. The first-order chi connectivity index (χ1) is 19.6. The highest BCUT2D eigenvalue weighted by atomic mass is 35.5. The van der Waals surface area contributed by atoms with Crippen molar-refractivity contribution in [2.45, 2.75) is 32.1 Å². The summed E-state index contributed by atoms with van der Waals surface area (Å²) in [5, 5.41) is 2.74. The highest BCUT2D eigenvalue weighted by Crippen LogP contribution is 2.36. The van der Waals surface area contributed by atoms with Gasteiger partial charge in [-0.05, 0) is 42.8 Å². The fourth-order valence-electron chi connectivity index (χ4n) is 4.17. The summed E-state index contributed by atoms with van der Waals surface area (Å²) in [5.74, 6) is -1.45. The molecule has 1 N–H and O–H groups in total. The van der Waals surface area contributed by atoms with Gasteiger partial charge in [0.1, 0.15) is 12.6 Å². The van der Waals surface area contributed by atoms with Crippen molar-refractivity contribution < 1.29 is 31.2 Å². The number of amides is 2. The minimum atomic E-state index is -4.81. The van der Waals surface area contributed by atoms with Gasteiger partial charge in [-0.15, -0.1) is 0 Å². The zero-order valence-corrected chi connectivity index (χ0v) is 25.5. The van der Waals surface area contributed by atoms with Crippen LogP contribution in [0, 0.1) is 0 Å². The molecule has 42 heavy (non-hydrogen) atoms. The molecule has 0 fully saturated rings. The van der Waals surface area contributed by atoms with Crippen LogP contribution in [0.1, 0.15) is 23.6 Å². The number of hydrogen-bond donors (Lipinski definition) is 1. The number of nitrogens with zero attached hydrogens (tertiary/aromatic N) is 2. The molecule has 1 atom stereocenters. The second kappa shape index (κ2) is 14.0. The predicted molar refractivity (Wildman–Crippen MR) is 158 cm³/mol. The van der Waals surface area contributed by atoms with E-state index >= 15 is 0 Å². The fourth-order valence-corrected chi connectivity index (χ4v) is 5.81. The van der Waals surface area contributed by atoms with Gasteiger partial charge in [0, 0.05) is 35.1 Å². The van der Waals surface area contributed by atoms with Crippen LogP contribution >= 0.6 is 34.8 Å². The molecular formula is C28H27Cl3F3N3O4S. The minimum Gasteiger partial charge on any atom is -0.355 e. The number of hydrogen-bond acceptors (Lipinski definition) is 4. The van der Waals surface area contributed by atoms with Gasteiger partial charge in [0.15, 0.2) is 0 Å². The molecule has 0 aliphatic heterocycles. The standard InChI is InChI=1S/C28H27Cl3F3N3O4S/c1-3-35-27(39)25(14-18-8-5-4-6-9-18)36(16-20-21(29)10-7-11-22(20)30)26(38)17-37(42(2,40)41)24-15-19(28(32,33)34)12-13-23(24)31/h4-13,15,25H,3,14,16-17H2,1-2H3,(H,35,39)/t25-/m0/s1. The third-order valence-electron chi connectivity index (χ3n) is 6.23. The Bertz CT molecular complexity index is 1520. The first-order valence-electron chi connectivity index (χ1n) is 12.5. The summed E-state index contributed by atoms with van der Waals surface area (Å²) < 4.78 is 66.7. The Morgan fingerprint density at radius 3 is 2.10 bits per heavy atom. The van der Waals surface area contributed by atoms with Crippen molar-refractivity contribution in [1.29, 1.82) is 0 Å². The maximum Gasteiger partial charge on any atom is 0.416 e. The number of anilines is 1. The SMILES string of the molecule is CCNC(=O)[C@H](Cc1ccccc1)N(Cc1c(Cl)cccc1Cl)C(=O)CN(c1cc(C(F)(F)F)ccc1Cl)S(C)(=O)=O. The lowest BCUT2D eigenvalue weighted by Gasteiger charge is -2.34. The van der Waals surface area contributed by atoms with E-state index in [0.717, 1.165) is 17.2 Å². The molecule has 2 amide bonds. The van der Waals surface area contributed by atoms with Crippen molar-refractivity contribution in [1.82, 2.24) is 10.2 Å². The number of halogens is 6. The first kappa shape index (κ1) is 33.5. The molecule has 0 saturated heterocycles. The summed E-state index contributed by atoms with van der Waals surface area (Å²) in [6.07, 6.45) is -4.04. The molecule has 7 nitrogen and oxygen atoms in total. The van der Waals surface area contributed by atoms with Gasteiger partial charge in [0.25, 0.3) is 0 Å². The van der Waals surface area contributed by atoms with E-state index < -0.39 is 51.9 Å². The van der Waals surface area contributed by atoms with E-state index in [2.05, 4.69) is 5.32 Å².